The van der Waals surface area contributed by atoms with Crippen molar-refractivity contribution in [2.45, 2.75) is 26.7 Å². The summed E-state index contributed by atoms with van der Waals surface area (Å²) >= 11 is 0. The molecule has 2 aromatic carbocycles. The van der Waals surface area contributed by atoms with E-state index in [0.717, 1.165) is 44.5 Å². The Kier molecular flexibility index (Phi) is 6.63. The molecule has 0 saturated carbocycles. The molecule has 0 spiro atoms. The van der Waals surface area contributed by atoms with Crippen LogP contribution in [0.4, 0.5) is 0 Å². The Labute approximate surface area is 199 Å². The molecule has 2 heterocycles. The molecule has 1 saturated heterocycles. The maximum absolute atomic E-state index is 13.0. The van der Waals surface area contributed by atoms with E-state index in [2.05, 4.69) is 0 Å². The average Bonchev–Trinajstić information content (AvgIpc) is 3.28. The van der Waals surface area contributed by atoms with Crippen LogP contribution >= 0.6 is 0 Å². The fourth-order valence-corrected chi connectivity index (χ4v) is 4.69. The molecule has 0 aliphatic carbocycles. The first kappa shape index (κ1) is 23.4. The van der Waals surface area contributed by atoms with Gasteiger partial charge in [-0.25, -0.2) is 0 Å². The number of ether oxygens (including phenoxy) is 2. The number of aryl methyl sites for hydroxylation is 1. The summed E-state index contributed by atoms with van der Waals surface area (Å²) in [7, 11) is 3.26. The Morgan fingerprint density at radius 2 is 1.82 bits per heavy atom. The van der Waals surface area contributed by atoms with Crippen molar-refractivity contribution in [3.05, 3.63) is 53.8 Å². The summed E-state index contributed by atoms with van der Waals surface area (Å²) in [4.78, 5) is 26.2. The van der Waals surface area contributed by atoms with Crippen molar-refractivity contribution in [2.24, 2.45) is 11.7 Å². The molecule has 3 aromatic rings. The number of primary amides is 1. The number of carbonyl (C=O) groups is 2. The molecule has 178 valence electrons. The topological polar surface area (TPSA) is 95.0 Å². The van der Waals surface area contributed by atoms with Gasteiger partial charge in [0.15, 0.2) is 0 Å². The van der Waals surface area contributed by atoms with Crippen molar-refractivity contribution in [1.29, 1.82) is 0 Å². The van der Waals surface area contributed by atoms with Crippen LogP contribution in [0.25, 0.3) is 27.7 Å². The number of carbonyl (C=O) groups excluding carboxylic acids is 2. The first-order valence-corrected chi connectivity index (χ1v) is 11.3. The minimum atomic E-state index is -0.293. The fourth-order valence-electron chi connectivity index (χ4n) is 4.69. The molecule has 2 N–H and O–H groups in total. The lowest BCUT2D eigenvalue weighted by Crippen LogP contribution is -2.41. The lowest BCUT2D eigenvalue weighted by molar-refractivity contribution is -0.130. The molecule has 0 radical (unpaired) electrons. The summed E-state index contributed by atoms with van der Waals surface area (Å²) in [6.45, 7) is 4.89. The molecule has 4 rings (SSSR count). The van der Waals surface area contributed by atoms with E-state index in [-0.39, 0.29) is 17.7 Å². The summed E-state index contributed by atoms with van der Waals surface area (Å²) in [5.74, 6) is 0.883. The molecule has 0 bridgehead atoms. The van der Waals surface area contributed by atoms with Crippen LogP contribution < -0.4 is 15.2 Å². The van der Waals surface area contributed by atoms with Gasteiger partial charge < -0.3 is 24.5 Å². The van der Waals surface area contributed by atoms with E-state index < -0.39 is 0 Å². The van der Waals surface area contributed by atoms with E-state index in [9.17, 15) is 9.59 Å². The van der Waals surface area contributed by atoms with Gasteiger partial charge in [0.05, 0.1) is 20.5 Å². The largest absolute Gasteiger partial charge is 0.496 e. The number of likely N-dealkylation sites (tertiary alicyclic amines) is 1. The number of piperidine rings is 1. The fraction of sp³-hybridized carbons (Fsp3) is 0.333. The number of hydrogen-bond donors (Lipinski definition) is 1. The molecule has 1 fully saturated rings. The Hall–Kier alpha value is -3.74. The number of benzene rings is 2. The second-order valence-corrected chi connectivity index (χ2v) is 8.64. The number of amides is 2. The highest BCUT2D eigenvalue weighted by atomic mass is 16.5. The van der Waals surface area contributed by atoms with Crippen LogP contribution in [-0.4, -0.2) is 44.0 Å². The van der Waals surface area contributed by atoms with Gasteiger partial charge in [-0.2, -0.15) is 0 Å². The molecular weight excluding hydrogens is 432 g/mol. The third-order valence-electron chi connectivity index (χ3n) is 6.62. The predicted octanol–water partition coefficient (Wildman–Crippen LogP) is 4.55. The molecule has 7 nitrogen and oxygen atoms in total. The zero-order valence-electron chi connectivity index (χ0n) is 20.0. The summed E-state index contributed by atoms with van der Waals surface area (Å²) in [5, 5.41) is 0.917. The van der Waals surface area contributed by atoms with Crippen LogP contribution in [-0.2, 0) is 9.59 Å². The van der Waals surface area contributed by atoms with Crippen molar-refractivity contribution in [3.63, 3.8) is 0 Å². The van der Waals surface area contributed by atoms with E-state index >= 15 is 0 Å². The molecule has 1 aliphatic heterocycles. The highest BCUT2D eigenvalue weighted by Gasteiger charge is 2.26. The maximum Gasteiger partial charge on any atom is 0.246 e. The molecule has 1 aliphatic rings. The van der Waals surface area contributed by atoms with E-state index in [4.69, 9.17) is 19.6 Å². The van der Waals surface area contributed by atoms with Gasteiger partial charge in [-0.05, 0) is 44.4 Å². The second kappa shape index (κ2) is 9.63. The summed E-state index contributed by atoms with van der Waals surface area (Å²) in [6.07, 6.45) is 4.56. The normalized spacial score (nSPS) is 14.9. The minimum Gasteiger partial charge on any atom is -0.496 e. The third-order valence-corrected chi connectivity index (χ3v) is 6.62. The highest BCUT2D eigenvalue weighted by molar-refractivity contribution is 6.02. The van der Waals surface area contributed by atoms with Gasteiger partial charge in [-0.15, -0.1) is 0 Å². The van der Waals surface area contributed by atoms with Crippen LogP contribution in [0.15, 0.2) is 47.1 Å². The van der Waals surface area contributed by atoms with E-state index in [1.807, 2.05) is 44.2 Å². The highest BCUT2D eigenvalue weighted by Crippen LogP contribution is 2.42. The van der Waals surface area contributed by atoms with Gasteiger partial charge >= 0.3 is 0 Å². The number of methoxy groups -OCH3 is 2. The predicted molar refractivity (Wildman–Crippen MR) is 132 cm³/mol. The Morgan fingerprint density at radius 1 is 1.12 bits per heavy atom. The van der Waals surface area contributed by atoms with Crippen LogP contribution in [0, 0.1) is 12.8 Å². The van der Waals surface area contributed by atoms with Crippen LogP contribution in [0.3, 0.4) is 0 Å². The molecule has 1 aromatic heterocycles. The molecule has 2 amide bonds. The first-order chi connectivity index (χ1) is 16.3. The molecule has 0 unspecified atom stereocenters. The number of nitrogens with zero attached hydrogens (tertiary/aromatic N) is 1. The van der Waals surface area contributed by atoms with Crippen LogP contribution in [0.5, 0.6) is 11.5 Å². The van der Waals surface area contributed by atoms with Gasteiger partial charge in [0.1, 0.15) is 17.1 Å². The van der Waals surface area contributed by atoms with Gasteiger partial charge in [0.25, 0.3) is 0 Å². The summed E-state index contributed by atoms with van der Waals surface area (Å²) in [6, 6.07) is 9.79. The lowest BCUT2D eigenvalue weighted by Gasteiger charge is -2.30. The molecule has 0 atom stereocenters. The zero-order valence-corrected chi connectivity index (χ0v) is 20.0. The number of para-hydroxylation sites is 1. The van der Waals surface area contributed by atoms with Crippen molar-refractivity contribution < 1.29 is 23.5 Å². The second-order valence-electron chi connectivity index (χ2n) is 8.64. The van der Waals surface area contributed by atoms with Crippen LogP contribution in [0.2, 0.25) is 0 Å². The number of allylic oxidation sites excluding steroid dienone is 1. The standard InChI is InChI=1S/C27H30N2O5/c1-16(13-24(30)29-11-9-18(10-12-29)27(28)31)20-14-21-22(19-7-5-6-8-23(19)32-3)15-34-26(21)17(2)25(20)33-4/h5-8,13-15,18H,9-12H2,1-4H3,(H2,28,31)/b16-13+. The van der Waals surface area contributed by atoms with E-state index in [1.165, 1.54) is 0 Å². The number of hydrogen-bond acceptors (Lipinski definition) is 5. The number of fused-ring (bicyclic) bond motifs is 1. The van der Waals surface area contributed by atoms with Crippen molar-refractivity contribution >= 4 is 28.4 Å². The molecule has 7 heteroatoms. The zero-order chi connectivity index (χ0) is 24.4. The minimum absolute atomic E-state index is 0.0858. The van der Waals surface area contributed by atoms with E-state index in [1.54, 1.807) is 31.5 Å². The Morgan fingerprint density at radius 3 is 2.47 bits per heavy atom. The van der Waals surface area contributed by atoms with Gasteiger partial charge in [-0.3, -0.25) is 9.59 Å². The summed E-state index contributed by atoms with van der Waals surface area (Å²) < 4.78 is 17.2. The quantitative estimate of drug-likeness (QED) is 0.542. The van der Waals surface area contributed by atoms with Gasteiger partial charge in [0.2, 0.25) is 11.8 Å². The van der Waals surface area contributed by atoms with Gasteiger partial charge in [0, 0.05) is 52.7 Å². The smallest absolute Gasteiger partial charge is 0.246 e. The number of rotatable bonds is 6. The Bertz CT molecular complexity index is 1270. The monoisotopic (exact) mass is 462 g/mol. The van der Waals surface area contributed by atoms with Crippen LogP contribution in [0.1, 0.15) is 30.9 Å². The third kappa shape index (κ3) is 4.25. The van der Waals surface area contributed by atoms with E-state index in [0.29, 0.717) is 31.7 Å². The number of furan rings is 1. The van der Waals surface area contributed by atoms with Crippen molar-refractivity contribution in [3.8, 4) is 22.6 Å². The lowest BCUT2D eigenvalue weighted by atomic mass is 9.95. The van der Waals surface area contributed by atoms with Crippen molar-refractivity contribution in [2.75, 3.05) is 27.3 Å². The SMILES string of the molecule is COc1ccccc1-c1coc2c(C)c(OC)c(/C(C)=C/C(=O)N3CCC(C(N)=O)CC3)cc12. The summed E-state index contributed by atoms with van der Waals surface area (Å²) in [5.41, 5.74) is 10.5. The molecule has 34 heavy (non-hydrogen) atoms. The first-order valence-electron chi connectivity index (χ1n) is 11.3. The average molecular weight is 463 g/mol. The molecular formula is C27H30N2O5. The number of nitrogens with two attached hydrogens (primary N) is 1. The van der Waals surface area contributed by atoms with Gasteiger partial charge in [-0.1, -0.05) is 18.2 Å². The maximum atomic E-state index is 13.0. The van der Waals surface area contributed by atoms with Crippen molar-refractivity contribution in [1.82, 2.24) is 4.90 Å². The Balaban J connectivity index is 1.73.